The number of nitrogens with one attached hydrogen (secondary N) is 2. The molecule has 2 atom stereocenters. The van der Waals surface area contributed by atoms with Crippen molar-refractivity contribution in [1.82, 2.24) is 20.4 Å². The fourth-order valence-corrected chi connectivity index (χ4v) is 5.19. The highest BCUT2D eigenvalue weighted by Gasteiger charge is 2.39. The third-order valence-corrected chi connectivity index (χ3v) is 7.85. The van der Waals surface area contributed by atoms with Crippen molar-refractivity contribution in [3.05, 3.63) is 46.4 Å². The van der Waals surface area contributed by atoms with Gasteiger partial charge in [0, 0.05) is 43.5 Å². The number of amides is 3. The van der Waals surface area contributed by atoms with Crippen LogP contribution in [0.15, 0.2) is 28.4 Å². The quantitative estimate of drug-likeness (QED) is 0.302. The molecule has 40 heavy (non-hydrogen) atoms. The number of hydrogen-bond donors (Lipinski definition) is 2. The van der Waals surface area contributed by atoms with Crippen LogP contribution in [0, 0.1) is 28.8 Å². The summed E-state index contributed by atoms with van der Waals surface area (Å²) in [5.41, 5.74) is 0.499. The molecule has 2 N–H and O–H groups in total. The zero-order valence-electron chi connectivity index (χ0n) is 24.8. The number of allylic oxidation sites excluding steroid dienone is 2. The van der Waals surface area contributed by atoms with Crippen LogP contribution in [0.1, 0.15) is 71.8 Å². The summed E-state index contributed by atoms with van der Waals surface area (Å²) in [6, 6.07) is 0.255. The summed E-state index contributed by atoms with van der Waals surface area (Å²) in [5.74, 6) is -2.98. The molecular formula is C30H44F3N5O2. The van der Waals surface area contributed by atoms with Crippen molar-refractivity contribution in [2.75, 3.05) is 34.2 Å². The van der Waals surface area contributed by atoms with Crippen LogP contribution < -0.4 is 10.6 Å². The molecule has 7 nitrogen and oxygen atoms in total. The molecule has 1 heterocycles. The van der Waals surface area contributed by atoms with Crippen LogP contribution in [0.3, 0.4) is 0 Å². The molecule has 1 aliphatic heterocycles. The van der Waals surface area contributed by atoms with Crippen molar-refractivity contribution < 1.29 is 22.8 Å². The van der Waals surface area contributed by atoms with E-state index in [0.717, 1.165) is 31.7 Å². The van der Waals surface area contributed by atoms with Crippen LogP contribution >= 0.6 is 0 Å². The summed E-state index contributed by atoms with van der Waals surface area (Å²) < 4.78 is 42.5. The fraction of sp³-hybridized carbons (Fsp3) is 0.633. The lowest BCUT2D eigenvalue weighted by atomic mass is 9.86. The summed E-state index contributed by atoms with van der Waals surface area (Å²) in [6.45, 7) is 8.79. The van der Waals surface area contributed by atoms with Gasteiger partial charge in [-0.1, -0.05) is 40.5 Å². The van der Waals surface area contributed by atoms with Gasteiger partial charge in [-0.15, -0.1) is 0 Å². The van der Waals surface area contributed by atoms with Gasteiger partial charge in [-0.3, -0.25) is 9.79 Å². The minimum Gasteiger partial charge on any atom is -0.339 e. The second-order valence-corrected chi connectivity index (χ2v) is 12.2. The molecule has 3 rings (SSSR count). The van der Waals surface area contributed by atoms with E-state index < -0.39 is 34.9 Å². The van der Waals surface area contributed by atoms with Gasteiger partial charge in [0.1, 0.15) is 11.9 Å². The summed E-state index contributed by atoms with van der Waals surface area (Å²) in [5, 5.41) is 5.84. The molecule has 1 unspecified atom stereocenters. The number of benzene rings is 1. The fourth-order valence-electron chi connectivity index (χ4n) is 5.19. The largest absolute Gasteiger partial charge is 0.339 e. The highest BCUT2D eigenvalue weighted by atomic mass is 19.2. The Morgan fingerprint density at radius 2 is 1.75 bits per heavy atom. The SMILES string of the molecule is CCC(=C(\CCC1CC1)NC(=O)N[C@H](C(=O)N1CCC(N(C)C)C1)C(C)(C)C)/C(=N\C)c1cc(F)c(F)cc1F. The Labute approximate surface area is 236 Å². The van der Waals surface area contributed by atoms with Crippen LogP contribution in [-0.4, -0.2) is 73.8 Å². The third kappa shape index (κ3) is 7.86. The van der Waals surface area contributed by atoms with E-state index in [1.807, 2.05) is 41.8 Å². The first kappa shape index (κ1) is 31.6. The second kappa shape index (κ2) is 13.2. The number of carbonyl (C=O) groups excluding carboxylic acids is 2. The van der Waals surface area contributed by atoms with Crippen molar-refractivity contribution in [3.8, 4) is 0 Å². The Morgan fingerprint density at radius 3 is 2.27 bits per heavy atom. The first-order valence-electron chi connectivity index (χ1n) is 14.1. The first-order valence-corrected chi connectivity index (χ1v) is 14.1. The molecule has 1 aromatic rings. The lowest BCUT2D eigenvalue weighted by Crippen LogP contribution is -2.56. The molecule has 222 valence electrons. The molecule has 0 spiro atoms. The molecule has 1 saturated heterocycles. The Hall–Kier alpha value is -2.88. The summed E-state index contributed by atoms with van der Waals surface area (Å²) in [7, 11) is 5.44. The molecule has 0 aromatic heterocycles. The summed E-state index contributed by atoms with van der Waals surface area (Å²) in [6.07, 6.45) is 4.77. The zero-order chi connectivity index (χ0) is 29.8. The monoisotopic (exact) mass is 563 g/mol. The Morgan fingerprint density at radius 1 is 1.10 bits per heavy atom. The zero-order valence-corrected chi connectivity index (χ0v) is 24.8. The van der Waals surface area contributed by atoms with Crippen LogP contribution in [0.4, 0.5) is 18.0 Å². The number of carbonyl (C=O) groups is 2. The number of aliphatic imine (C=N–C) groups is 1. The molecule has 1 saturated carbocycles. The van der Waals surface area contributed by atoms with Crippen molar-refractivity contribution >= 4 is 17.6 Å². The second-order valence-electron chi connectivity index (χ2n) is 12.2. The van der Waals surface area contributed by atoms with Crippen LogP contribution in [-0.2, 0) is 4.79 Å². The molecule has 10 heteroatoms. The van der Waals surface area contributed by atoms with Gasteiger partial charge < -0.3 is 20.4 Å². The number of hydrogen-bond acceptors (Lipinski definition) is 4. The lowest BCUT2D eigenvalue weighted by molar-refractivity contribution is -0.134. The van der Waals surface area contributed by atoms with Gasteiger partial charge in [0.05, 0.1) is 5.71 Å². The normalized spacial score (nSPS) is 19.5. The number of urea groups is 1. The minimum atomic E-state index is -1.28. The average molecular weight is 564 g/mol. The lowest BCUT2D eigenvalue weighted by Gasteiger charge is -2.34. The van der Waals surface area contributed by atoms with Crippen molar-refractivity contribution in [2.24, 2.45) is 16.3 Å². The van der Waals surface area contributed by atoms with Gasteiger partial charge in [0.2, 0.25) is 5.91 Å². The summed E-state index contributed by atoms with van der Waals surface area (Å²) in [4.78, 5) is 35.1. The van der Waals surface area contributed by atoms with Gasteiger partial charge in [-0.05, 0) is 62.8 Å². The maximum Gasteiger partial charge on any atom is 0.319 e. The van der Waals surface area contributed by atoms with E-state index in [0.29, 0.717) is 49.2 Å². The highest BCUT2D eigenvalue weighted by Crippen LogP contribution is 2.35. The molecule has 3 amide bonds. The number of nitrogens with zero attached hydrogens (tertiary/aromatic N) is 3. The van der Waals surface area contributed by atoms with Crippen LogP contribution in [0.2, 0.25) is 0 Å². The molecule has 1 aliphatic carbocycles. The molecule has 2 aliphatic rings. The van der Waals surface area contributed by atoms with Crippen molar-refractivity contribution in [1.29, 1.82) is 0 Å². The van der Waals surface area contributed by atoms with Gasteiger partial charge >= 0.3 is 6.03 Å². The third-order valence-electron chi connectivity index (χ3n) is 7.85. The van der Waals surface area contributed by atoms with E-state index in [-0.39, 0.29) is 23.2 Å². The molecule has 0 radical (unpaired) electrons. The number of likely N-dealkylation sites (tertiary alicyclic amines) is 1. The van der Waals surface area contributed by atoms with E-state index in [1.165, 1.54) is 7.05 Å². The number of rotatable bonds is 10. The van der Waals surface area contributed by atoms with E-state index >= 15 is 0 Å². The average Bonchev–Trinajstić information content (AvgIpc) is 3.57. The number of likely N-dealkylation sites (N-methyl/N-ethyl adjacent to an activating group) is 1. The summed E-state index contributed by atoms with van der Waals surface area (Å²) >= 11 is 0. The maximum absolute atomic E-state index is 14.8. The van der Waals surface area contributed by atoms with Gasteiger partial charge in [-0.25, -0.2) is 18.0 Å². The Bertz CT molecular complexity index is 1150. The van der Waals surface area contributed by atoms with Crippen LogP contribution in [0.5, 0.6) is 0 Å². The molecular weight excluding hydrogens is 519 g/mol. The topological polar surface area (TPSA) is 77.0 Å². The van der Waals surface area contributed by atoms with E-state index in [1.54, 1.807) is 4.90 Å². The molecule has 2 fully saturated rings. The Balaban J connectivity index is 1.89. The molecule has 1 aromatic carbocycles. The number of halogens is 3. The smallest absolute Gasteiger partial charge is 0.319 e. The van der Waals surface area contributed by atoms with Crippen LogP contribution in [0.25, 0.3) is 0 Å². The predicted molar refractivity (Wildman–Crippen MR) is 152 cm³/mol. The van der Waals surface area contributed by atoms with Crippen molar-refractivity contribution in [3.63, 3.8) is 0 Å². The highest BCUT2D eigenvalue weighted by molar-refractivity contribution is 6.13. The minimum absolute atomic E-state index is 0.133. The van der Waals surface area contributed by atoms with E-state index in [9.17, 15) is 22.8 Å². The van der Waals surface area contributed by atoms with Gasteiger partial charge in [0.15, 0.2) is 11.6 Å². The first-order chi connectivity index (χ1) is 18.8. The Kier molecular flexibility index (Phi) is 10.4. The van der Waals surface area contributed by atoms with E-state index in [4.69, 9.17) is 0 Å². The standard InChI is InChI=1S/C30H44F3N5O2/c1-8-20(26(34-5)21-15-23(32)24(33)16-22(21)31)25(12-11-18-9-10-18)35-29(40)36-27(30(2,3)4)28(39)38-14-13-19(17-38)37(6)7/h15-16,18-19,27H,8-14,17H2,1-7H3,(H2,35,36,40)/b25-20-,34-26+/t19?,27-/m1/s1. The van der Waals surface area contributed by atoms with Crippen molar-refractivity contribution in [2.45, 2.75) is 78.3 Å². The van der Waals surface area contributed by atoms with Gasteiger partial charge in [0.25, 0.3) is 0 Å². The predicted octanol–water partition coefficient (Wildman–Crippen LogP) is 5.25. The molecule has 0 bridgehead atoms. The maximum atomic E-state index is 14.8. The van der Waals surface area contributed by atoms with Gasteiger partial charge in [-0.2, -0.15) is 0 Å². The van der Waals surface area contributed by atoms with E-state index in [2.05, 4.69) is 20.5 Å².